The summed E-state index contributed by atoms with van der Waals surface area (Å²) in [6.45, 7) is 4.29. The fourth-order valence-electron chi connectivity index (χ4n) is 4.78. The molecule has 0 unspecified atom stereocenters. The van der Waals surface area contributed by atoms with Crippen molar-refractivity contribution in [2.45, 2.75) is 26.3 Å². The summed E-state index contributed by atoms with van der Waals surface area (Å²) in [5, 5.41) is 0.711. The first kappa shape index (κ1) is 29.6. The van der Waals surface area contributed by atoms with E-state index >= 15 is 0 Å². The van der Waals surface area contributed by atoms with Crippen molar-refractivity contribution in [3.05, 3.63) is 119 Å². The van der Waals surface area contributed by atoms with Gasteiger partial charge in [-0.05, 0) is 37.1 Å². The number of rotatable bonds is 9. The van der Waals surface area contributed by atoms with Crippen molar-refractivity contribution in [2.24, 2.45) is 4.99 Å². The number of thiazole rings is 1. The second-order valence-corrected chi connectivity index (χ2v) is 11.1. The van der Waals surface area contributed by atoms with Gasteiger partial charge in [0, 0.05) is 11.1 Å². The standard InChI is InChI=1S/C32H28Cl2N2O5S/c1-4-17-41-29-21(14-10-16-23(29)39-3)28-25(31(38)40-5-2)27(19-11-7-6-8-12-19)35-32-36(28)30(37)24(42-32)18-20-13-9-15-22(33)26(20)34/h6-16,18,28H,4-5,17H2,1-3H3/b24-18+/t28-/m0/s1. The molecular weight excluding hydrogens is 595 g/mol. The molecule has 0 radical (unpaired) electrons. The van der Waals surface area contributed by atoms with Gasteiger partial charge in [-0.3, -0.25) is 9.36 Å². The number of benzene rings is 3. The summed E-state index contributed by atoms with van der Waals surface area (Å²) in [6, 6.07) is 19.1. The second kappa shape index (κ2) is 13.0. The zero-order chi connectivity index (χ0) is 29.8. The molecule has 42 heavy (non-hydrogen) atoms. The van der Waals surface area contributed by atoms with Gasteiger partial charge in [0.25, 0.3) is 5.56 Å². The number of carbonyl (C=O) groups excluding carboxylic acids is 1. The lowest BCUT2D eigenvalue weighted by Gasteiger charge is -2.27. The summed E-state index contributed by atoms with van der Waals surface area (Å²) in [5.41, 5.74) is 2.15. The van der Waals surface area contributed by atoms with Crippen LogP contribution in [0.25, 0.3) is 11.8 Å². The lowest BCUT2D eigenvalue weighted by molar-refractivity contribution is -0.138. The summed E-state index contributed by atoms with van der Waals surface area (Å²) in [6.07, 6.45) is 2.43. The topological polar surface area (TPSA) is 79.1 Å². The van der Waals surface area contributed by atoms with Crippen LogP contribution in [0.4, 0.5) is 0 Å². The third-order valence-electron chi connectivity index (χ3n) is 6.62. The maximum atomic E-state index is 14.2. The number of aromatic nitrogens is 1. The minimum atomic E-state index is -0.922. The van der Waals surface area contributed by atoms with Gasteiger partial charge >= 0.3 is 5.97 Å². The molecule has 0 aliphatic carbocycles. The smallest absolute Gasteiger partial charge is 0.338 e. The summed E-state index contributed by atoms with van der Waals surface area (Å²) >= 11 is 13.9. The molecule has 5 rings (SSSR count). The molecule has 1 atom stereocenters. The van der Waals surface area contributed by atoms with Gasteiger partial charge in [0.15, 0.2) is 16.3 Å². The molecule has 0 N–H and O–H groups in total. The molecule has 4 aromatic rings. The van der Waals surface area contributed by atoms with E-state index in [9.17, 15) is 9.59 Å². The first-order valence-electron chi connectivity index (χ1n) is 13.4. The quantitative estimate of drug-likeness (QED) is 0.213. The van der Waals surface area contributed by atoms with Gasteiger partial charge in [-0.2, -0.15) is 0 Å². The highest BCUT2D eigenvalue weighted by Gasteiger charge is 2.37. The molecule has 3 aromatic carbocycles. The first-order valence-corrected chi connectivity index (χ1v) is 15.0. The Morgan fingerprint density at radius 2 is 1.81 bits per heavy atom. The molecule has 1 aromatic heterocycles. The number of methoxy groups -OCH3 is 1. The molecule has 0 saturated heterocycles. The van der Waals surface area contributed by atoms with Crippen LogP contribution in [0.2, 0.25) is 10.0 Å². The highest BCUT2D eigenvalue weighted by atomic mass is 35.5. The lowest BCUT2D eigenvalue weighted by Crippen LogP contribution is -2.40. The number of fused-ring (bicyclic) bond motifs is 1. The maximum Gasteiger partial charge on any atom is 0.338 e. The highest BCUT2D eigenvalue weighted by molar-refractivity contribution is 7.07. The number of carbonyl (C=O) groups is 1. The van der Waals surface area contributed by atoms with E-state index in [-0.39, 0.29) is 17.7 Å². The minimum absolute atomic E-state index is 0.145. The number of hydrogen-bond acceptors (Lipinski definition) is 7. The number of esters is 1. The molecule has 10 heteroatoms. The Labute approximate surface area is 256 Å². The van der Waals surface area contributed by atoms with E-state index in [1.807, 2.05) is 43.3 Å². The molecule has 1 aliphatic rings. The van der Waals surface area contributed by atoms with E-state index in [1.165, 1.54) is 15.9 Å². The molecule has 2 heterocycles. The van der Waals surface area contributed by atoms with Gasteiger partial charge < -0.3 is 14.2 Å². The largest absolute Gasteiger partial charge is 0.493 e. The third kappa shape index (κ3) is 5.62. The number of ether oxygens (including phenoxy) is 3. The number of nitrogens with zero attached hydrogens (tertiary/aromatic N) is 2. The Kier molecular flexibility index (Phi) is 9.16. The van der Waals surface area contributed by atoms with E-state index in [2.05, 4.69) is 0 Å². The molecule has 0 spiro atoms. The number of halogens is 2. The van der Waals surface area contributed by atoms with Crippen LogP contribution in [-0.4, -0.2) is 30.9 Å². The van der Waals surface area contributed by atoms with Crippen LogP contribution in [0.3, 0.4) is 0 Å². The van der Waals surface area contributed by atoms with Crippen LogP contribution in [0.1, 0.15) is 43.0 Å². The van der Waals surface area contributed by atoms with Crippen LogP contribution in [-0.2, 0) is 9.53 Å². The molecule has 0 fully saturated rings. The van der Waals surface area contributed by atoms with E-state index in [0.29, 0.717) is 59.9 Å². The van der Waals surface area contributed by atoms with E-state index in [0.717, 1.165) is 6.42 Å². The Morgan fingerprint density at radius 3 is 2.52 bits per heavy atom. The summed E-state index contributed by atoms with van der Waals surface area (Å²) in [5.74, 6) is 0.340. The van der Waals surface area contributed by atoms with Gasteiger partial charge in [-0.1, -0.05) is 96.1 Å². The Bertz CT molecular complexity index is 1850. The lowest BCUT2D eigenvalue weighted by atomic mass is 9.92. The molecule has 7 nitrogen and oxygen atoms in total. The molecule has 1 aliphatic heterocycles. The number of para-hydroxylation sites is 1. The average Bonchev–Trinajstić information content (AvgIpc) is 3.32. The van der Waals surface area contributed by atoms with Gasteiger partial charge in [0.05, 0.1) is 46.2 Å². The van der Waals surface area contributed by atoms with Crippen molar-refractivity contribution >= 4 is 52.3 Å². The normalized spacial score (nSPS) is 14.8. The molecule has 216 valence electrons. The third-order valence-corrected chi connectivity index (χ3v) is 8.43. The van der Waals surface area contributed by atoms with Crippen LogP contribution in [0.15, 0.2) is 82.1 Å². The summed E-state index contributed by atoms with van der Waals surface area (Å²) in [7, 11) is 1.55. The fraction of sp³-hybridized carbons (Fsp3) is 0.219. The monoisotopic (exact) mass is 622 g/mol. The van der Waals surface area contributed by atoms with Crippen molar-refractivity contribution in [3.8, 4) is 11.5 Å². The zero-order valence-corrected chi connectivity index (χ0v) is 25.6. The summed E-state index contributed by atoms with van der Waals surface area (Å²) in [4.78, 5) is 33.3. The molecule has 0 saturated carbocycles. The van der Waals surface area contributed by atoms with Gasteiger partial charge in [-0.15, -0.1) is 0 Å². The maximum absolute atomic E-state index is 14.2. The van der Waals surface area contributed by atoms with E-state index in [1.54, 1.807) is 50.4 Å². The van der Waals surface area contributed by atoms with Gasteiger partial charge in [-0.25, -0.2) is 9.79 Å². The molecule has 0 amide bonds. The van der Waals surface area contributed by atoms with Crippen molar-refractivity contribution in [2.75, 3.05) is 20.3 Å². The van der Waals surface area contributed by atoms with Crippen molar-refractivity contribution in [1.29, 1.82) is 0 Å². The van der Waals surface area contributed by atoms with Crippen LogP contribution in [0.5, 0.6) is 11.5 Å². The summed E-state index contributed by atoms with van der Waals surface area (Å²) < 4.78 is 19.3. The Morgan fingerprint density at radius 1 is 1.05 bits per heavy atom. The second-order valence-electron chi connectivity index (χ2n) is 9.30. The van der Waals surface area contributed by atoms with Crippen molar-refractivity contribution in [1.82, 2.24) is 4.57 Å². The van der Waals surface area contributed by atoms with Crippen molar-refractivity contribution < 1.29 is 19.0 Å². The van der Waals surface area contributed by atoms with Gasteiger partial charge in [0.2, 0.25) is 0 Å². The predicted octanol–water partition coefficient (Wildman–Crippen LogP) is 6.04. The van der Waals surface area contributed by atoms with Crippen LogP contribution < -0.4 is 24.4 Å². The Hall–Kier alpha value is -3.85. The predicted molar refractivity (Wildman–Crippen MR) is 166 cm³/mol. The minimum Gasteiger partial charge on any atom is -0.493 e. The van der Waals surface area contributed by atoms with E-state index in [4.69, 9.17) is 42.4 Å². The van der Waals surface area contributed by atoms with Crippen molar-refractivity contribution in [3.63, 3.8) is 0 Å². The van der Waals surface area contributed by atoms with E-state index < -0.39 is 12.0 Å². The Balaban J connectivity index is 1.88. The van der Waals surface area contributed by atoms with Crippen LogP contribution in [0, 0.1) is 0 Å². The number of hydrogen-bond donors (Lipinski definition) is 0. The fourth-order valence-corrected chi connectivity index (χ4v) is 6.13. The average molecular weight is 624 g/mol. The van der Waals surface area contributed by atoms with Gasteiger partial charge in [0.1, 0.15) is 6.04 Å². The first-order chi connectivity index (χ1) is 20.4. The molecular formula is C32H28Cl2N2O5S. The zero-order valence-electron chi connectivity index (χ0n) is 23.2. The molecule has 0 bridgehead atoms. The highest BCUT2D eigenvalue weighted by Crippen LogP contribution is 2.42. The van der Waals surface area contributed by atoms with Crippen LogP contribution >= 0.6 is 34.5 Å². The SMILES string of the molecule is CCCOc1c(OC)cccc1[C@H]1C(C(=O)OCC)=C(c2ccccc2)N=c2s/c(=C/c3cccc(Cl)c3Cl)c(=O)n21.